The highest BCUT2D eigenvalue weighted by atomic mass is 19.3. The summed E-state index contributed by atoms with van der Waals surface area (Å²) >= 11 is 0. The number of alkyl halides is 2. The van der Waals surface area contributed by atoms with Gasteiger partial charge in [0.25, 0.3) is 12.3 Å². The van der Waals surface area contributed by atoms with Crippen LogP contribution in [-0.4, -0.2) is 42.0 Å². The molecule has 0 atom stereocenters. The maximum absolute atomic E-state index is 12.1. The van der Waals surface area contributed by atoms with Crippen molar-refractivity contribution in [2.45, 2.75) is 6.43 Å². The van der Waals surface area contributed by atoms with Gasteiger partial charge in [-0.05, 0) is 12.1 Å². The van der Waals surface area contributed by atoms with E-state index in [4.69, 9.17) is 9.52 Å². The van der Waals surface area contributed by atoms with Gasteiger partial charge in [-0.25, -0.2) is 8.78 Å². The molecule has 1 aromatic rings. The van der Waals surface area contributed by atoms with Gasteiger partial charge in [0.05, 0.1) is 19.4 Å². The standard InChI is InChI=1S/C9H11F2NO3/c10-8(11)6-12(3-4-13)9(14)7-2-1-5-15-7/h1-2,5,8,13H,3-4,6H2. The second-order valence-corrected chi connectivity index (χ2v) is 2.84. The molecule has 0 radical (unpaired) electrons. The Labute approximate surface area is 85.1 Å². The summed E-state index contributed by atoms with van der Waals surface area (Å²) in [5.41, 5.74) is 0. The number of hydrogen-bond donors (Lipinski definition) is 1. The Bertz CT molecular complexity index is 300. The average molecular weight is 219 g/mol. The van der Waals surface area contributed by atoms with Crippen molar-refractivity contribution >= 4 is 5.91 Å². The molecule has 0 aliphatic carbocycles. The van der Waals surface area contributed by atoms with Crippen molar-refractivity contribution in [3.05, 3.63) is 24.2 Å². The highest BCUT2D eigenvalue weighted by Gasteiger charge is 2.20. The van der Waals surface area contributed by atoms with Gasteiger partial charge in [-0.1, -0.05) is 0 Å². The molecule has 1 heterocycles. The second kappa shape index (κ2) is 5.45. The minimum Gasteiger partial charge on any atom is -0.459 e. The molecular formula is C9H11F2NO3. The van der Waals surface area contributed by atoms with Crippen molar-refractivity contribution in [2.24, 2.45) is 0 Å². The fourth-order valence-electron chi connectivity index (χ4n) is 1.12. The zero-order valence-corrected chi connectivity index (χ0v) is 7.90. The van der Waals surface area contributed by atoms with Crippen LogP contribution >= 0.6 is 0 Å². The Hall–Kier alpha value is -1.43. The minimum absolute atomic E-state index is 0.0101. The minimum atomic E-state index is -2.63. The SMILES string of the molecule is O=C(c1ccco1)N(CCO)CC(F)F. The number of aliphatic hydroxyl groups is 1. The molecule has 0 unspecified atom stereocenters. The van der Waals surface area contributed by atoms with E-state index in [9.17, 15) is 13.6 Å². The van der Waals surface area contributed by atoms with E-state index in [0.717, 1.165) is 4.90 Å². The third kappa shape index (κ3) is 3.32. The first-order valence-corrected chi connectivity index (χ1v) is 4.37. The first-order valence-electron chi connectivity index (χ1n) is 4.37. The van der Waals surface area contributed by atoms with Crippen LogP contribution in [0.1, 0.15) is 10.6 Å². The molecule has 15 heavy (non-hydrogen) atoms. The average Bonchev–Trinajstić information content (AvgIpc) is 2.68. The lowest BCUT2D eigenvalue weighted by atomic mass is 10.3. The predicted molar refractivity (Wildman–Crippen MR) is 47.7 cm³/mol. The van der Waals surface area contributed by atoms with Gasteiger partial charge in [0, 0.05) is 6.54 Å². The molecule has 0 bridgehead atoms. The van der Waals surface area contributed by atoms with E-state index >= 15 is 0 Å². The maximum Gasteiger partial charge on any atom is 0.289 e. The van der Waals surface area contributed by atoms with Crippen LogP contribution in [0.5, 0.6) is 0 Å². The Kier molecular flexibility index (Phi) is 4.23. The largest absolute Gasteiger partial charge is 0.459 e. The Morgan fingerprint density at radius 1 is 1.60 bits per heavy atom. The molecule has 1 N–H and O–H groups in total. The number of carbonyl (C=O) groups excluding carboxylic acids is 1. The third-order valence-corrected chi connectivity index (χ3v) is 1.75. The molecule has 0 aromatic carbocycles. The first kappa shape index (κ1) is 11.6. The molecule has 1 amide bonds. The third-order valence-electron chi connectivity index (χ3n) is 1.75. The normalized spacial score (nSPS) is 10.7. The van der Waals surface area contributed by atoms with E-state index < -0.39 is 18.9 Å². The number of aliphatic hydroxyl groups excluding tert-OH is 1. The van der Waals surface area contributed by atoms with Crippen LogP contribution < -0.4 is 0 Å². The van der Waals surface area contributed by atoms with Crippen molar-refractivity contribution in [1.82, 2.24) is 4.90 Å². The lowest BCUT2D eigenvalue weighted by Gasteiger charge is -2.19. The summed E-state index contributed by atoms with van der Waals surface area (Å²) in [5.74, 6) is -0.654. The van der Waals surface area contributed by atoms with E-state index in [-0.39, 0.29) is 18.9 Å². The van der Waals surface area contributed by atoms with Gasteiger partial charge in [0.1, 0.15) is 0 Å². The van der Waals surface area contributed by atoms with Crippen molar-refractivity contribution in [1.29, 1.82) is 0 Å². The fraction of sp³-hybridized carbons (Fsp3) is 0.444. The zero-order valence-electron chi connectivity index (χ0n) is 7.90. The summed E-state index contributed by atoms with van der Waals surface area (Å²) in [6.45, 7) is -1.21. The summed E-state index contributed by atoms with van der Waals surface area (Å²) in [6.07, 6.45) is -1.34. The van der Waals surface area contributed by atoms with Crippen LogP contribution in [0.25, 0.3) is 0 Å². The number of furan rings is 1. The Morgan fingerprint density at radius 2 is 2.33 bits per heavy atom. The number of hydrogen-bond acceptors (Lipinski definition) is 3. The zero-order chi connectivity index (χ0) is 11.3. The van der Waals surface area contributed by atoms with Crippen LogP contribution in [-0.2, 0) is 0 Å². The molecule has 1 aromatic heterocycles. The van der Waals surface area contributed by atoms with Gasteiger partial charge in [-0.3, -0.25) is 4.79 Å². The van der Waals surface area contributed by atoms with Crippen molar-refractivity contribution in [3.63, 3.8) is 0 Å². The van der Waals surface area contributed by atoms with E-state index in [2.05, 4.69) is 0 Å². The van der Waals surface area contributed by atoms with Gasteiger partial charge in [0.15, 0.2) is 5.76 Å². The van der Waals surface area contributed by atoms with Crippen LogP contribution in [0, 0.1) is 0 Å². The molecule has 0 aliphatic rings. The number of carbonyl (C=O) groups is 1. The van der Waals surface area contributed by atoms with E-state index in [1.54, 1.807) is 0 Å². The lowest BCUT2D eigenvalue weighted by molar-refractivity contribution is 0.0483. The smallest absolute Gasteiger partial charge is 0.289 e. The highest BCUT2D eigenvalue weighted by Crippen LogP contribution is 2.07. The topological polar surface area (TPSA) is 53.7 Å². The van der Waals surface area contributed by atoms with Gasteiger partial charge in [-0.15, -0.1) is 0 Å². The molecule has 4 nitrogen and oxygen atoms in total. The molecule has 0 spiro atoms. The molecule has 84 valence electrons. The maximum atomic E-state index is 12.1. The van der Waals surface area contributed by atoms with Crippen LogP contribution in [0.15, 0.2) is 22.8 Å². The molecule has 6 heteroatoms. The van der Waals surface area contributed by atoms with Crippen LogP contribution in [0.2, 0.25) is 0 Å². The molecule has 1 rings (SSSR count). The Balaban J connectivity index is 2.67. The first-order chi connectivity index (χ1) is 7.15. The fourth-order valence-corrected chi connectivity index (χ4v) is 1.12. The van der Waals surface area contributed by atoms with E-state index in [1.165, 1.54) is 18.4 Å². The quantitative estimate of drug-likeness (QED) is 0.803. The number of amides is 1. The van der Waals surface area contributed by atoms with Crippen LogP contribution in [0.3, 0.4) is 0 Å². The summed E-state index contributed by atoms with van der Waals surface area (Å²) in [5, 5.41) is 8.63. The summed E-state index contributed by atoms with van der Waals surface area (Å²) in [7, 11) is 0. The van der Waals surface area contributed by atoms with Gasteiger partial charge >= 0.3 is 0 Å². The predicted octanol–water partition coefficient (Wildman–Crippen LogP) is 0.979. The lowest BCUT2D eigenvalue weighted by Crippen LogP contribution is -2.37. The molecule has 0 saturated carbocycles. The molecule has 0 saturated heterocycles. The van der Waals surface area contributed by atoms with Crippen molar-refractivity contribution < 1.29 is 23.1 Å². The van der Waals surface area contributed by atoms with E-state index in [1.807, 2.05) is 0 Å². The van der Waals surface area contributed by atoms with Gasteiger partial charge in [-0.2, -0.15) is 0 Å². The van der Waals surface area contributed by atoms with Crippen LogP contribution in [0.4, 0.5) is 8.78 Å². The monoisotopic (exact) mass is 219 g/mol. The van der Waals surface area contributed by atoms with Crippen molar-refractivity contribution in [3.8, 4) is 0 Å². The summed E-state index contributed by atoms with van der Waals surface area (Å²) < 4.78 is 29.0. The number of halogens is 2. The number of rotatable bonds is 5. The summed E-state index contributed by atoms with van der Waals surface area (Å²) in [6, 6.07) is 2.88. The Morgan fingerprint density at radius 3 is 2.80 bits per heavy atom. The molecule has 0 aliphatic heterocycles. The molecule has 0 fully saturated rings. The van der Waals surface area contributed by atoms with Crippen molar-refractivity contribution in [2.75, 3.05) is 19.7 Å². The second-order valence-electron chi connectivity index (χ2n) is 2.84. The summed E-state index contributed by atoms with van der Waals surface area (Å²) in [4.78, 5) is 12.4. The van der Waals surface area contributed by atoms with Gasteiger partial charge < -0.3 is 14.4 Å². The van der Waals surface area contributed by atoms with E-state index in [0.29, 0.717) is 0 Å². The highest BCUT2D eigenvalue weighted by molar-refractivity contribution is 5.91. The number of nitrogens with zero attached hydrogens (tertiary/aromatic N) is 1. The van der Waals surface area contributed by atoms with Gasteiger partial charge in [0.2, 0.25) is 0 Å². The molecular weight excluding hydrogens is 208 g/mol.